The summed E-state index contributed by atoms with van der Waals surface area (Å²) in [7, 11) is 1.84. The van der Waals surface area contributed by atoms with Gasteiger partial charge in [0, 0.05) is 12.7 Å². The van der Waals surface area contributed by atoms with E-state index in [1.54, 1.807) is 4.68 Å². The van der Waals surface area contributed by atoms with Crippen LogP contribution in [0.25, 0.3) is 0 Å². The van der Waals surface area contributed by atoms with Crippen molar-refractivity contribution in [1.29, 1.82) is 0 Å². The van der Waals surface area contributed by atoms with Gasteiger partial charge in [-0.05, 0) is 13.8 Å². The molecule has 1 aromatic heterocycles. The zero-order valence-corrected chi connectivity index (χ0v) is 8.97. The summed E-state index contributed by atoms with van der Waals surface area (Å²) in [5.74, 6) is 0.0955. The van der Waals surface area contributed by atoms with Crippen LogP contribution in [-0.4, -0.2) is 20.9 Å². The van der Waals surface area contributed by atoms with Crippen molar-refractivity contribution in [2.45, 2.75) is 13.8 Å². The first-order chi connectivity index (χ1) is 5.57. The molecule has 0 saturated carbocycles. The van der Waals surface area contributed by atoms with Crippen molar-refractivity contribution in [3.05, 3.63) is 17.0 Å². The van der Waals surface area contributed by atoms with Gasteiger partial charge >= 0.3 is 0 Å². The lowest BCUT2D eigenvalue weighted by Gasteiger charge is -1.96. The Morgan fingerprint density at radius 3 is 2.50 bits per heavy atom. The molecule has 0 bridgehead atoms. The van der Waals surface area contributed by atoms with Gasteiger partial charge in [0.15, 0.2) is 5.78 Å². The van der Waals surface area contributed by atoms with Crippen LogP contribution in [-0.2, 0) is 7.05 Å². The highest BCUT2D eigenvalue weighted by Gasteiger charge is 2.15. The summed E-state index contributed by atoms with van der Waals surface area (Å²) >= 11 is 3.14. The number of Topliss-reactive ketones (excluding diaryl/α,β-unsaturated/α-hetero) is 1. The molecular weight excluding hydrogens is 220 g/mol. The SMILES string of the molecule is Cc1nn(C)c(C)c1C(=O)CBr. The second-order valence-electron chi connectivity index (χ2n) is 2.73. The number of aryl methyl sites for hydroxylation is 2. The molecule has 0 saturated heterocycles. The molecule has 0 aliphatic heterocycles. The molecule has 0 fully saturated rings. The molecule has 0 unspecified atom stereocenters. The molecule has 12 heavy (non-hydrogen) atoms. The van der Waals surface area contributed by atoms with Gasteiger partial charge in [-0.2, -0.15) is 5.10 Å². The number of nitrogens with zero attached hydrogens (tertiary/aromatic N) is 2. The van der Waals surface area contributed by atoms with Crippen LogP contribution in [0.15, 0.2) is 0 Å². The molecule has 1 heterocycles. The third-order valence-electron chi connectivity index (χ3n) is 1.91. The third-order valence-corrected chi connectivity index (χ3v) is 2.42. The average Bonchev–Trinajstić information content (AvgIpc) is 2.26. The zero-order chi connectivity index (χ0) is 9.30. The van der Waals surface area contributed by atoms with Crippen LogP contribution in [0, 0.1) is 13.8 Å². The highest BCUT2D eigenvalue weighted by atomic mass is 79.9. The second kappa shape index (κ2) is 3.39. The van der Waals surface area contributed by atoms with Crippen molar-refractivity contribution in [3.63, 3.8) is 0 Å². The monoisotopic (exact) mass is 230 g/mol. The lowest BCUT2D eigenvalue weighted by molar-refractivity contribution is 0.102. The number of hydrogen-bond donors (Lipinski definition) is 0. The number of rotatable bonds is 2. The van der Waals surface area contributed by atoms with Gasteiger partial charge < -0.3 is 0 Å². The second-order valence-corrected chi connectivity index (χ2v) is 3.29. The summed E-state index contributed by atoms with van der Waals surface area (Å²) < 4.78 is 1.73. The van der Waals surface area contributed by atoms with Crippen LogP contribution in [0.4, 0.5) is 0 Å². The van der Waals surface area contributed by atoms with E-state index in [0.29, 0.717) is 5.33 Å². The first-order valence-corrected chi connectivity index (χ1v) is 4.79. The van der Waals surface area contributed by atoms with Crippen LogP contribution in [0.1, 0.15) is 21.7 Å². The smallest absolute Gasteiger partial charge is 0.177 e. The lowest BCUT2D eigenvalue weighted by atomic mass is 10.1. The molecule has 1 aromatic rings. The number of halogens is 1. The van der Waals surface area contributed by atoms with E-state index in [1.165, 1.54) is 0 Å². The predicted molar refractivity (Wildman–Crippen MR) is 50.8 cm³/mol. The largest absolute Gasteiger partial charge is 0.293 e. The summed E-state index contributed by atoms with van der Waals surface area (Å²) in [6, 6.07) is 0. The predicted octanol–water partition coefficient (Wildman–Crippen LogP) is 1.61. The van der Waals surface area contributed by atoms with Crippen LogP contribution < -0.4 is 0 Å². The Hall–Kier alpha value is -0.640. The number of ketones is 1. The highest BCUT2D eigenvalue weighted by molar-refractivity contribution is 9.09. The molecule has 0 aliphatic rings. The number of aromatic nitrogens is 2. The van der Waals surface area contributed by atoms with Gasteiger partial charge in [-0.3, -0.25) is 9.48 Å². The van der Waals surface area contributed by atoms with E-state index in [-0.39, 0.29) is 5.78 Å². The molecule has 0 atom stereocenters. The van der Waals surface area contributed by atoms with Crippen molar-refractivity contribution in [1.82, 2.24) is 9.78 Å². The Kier molecular flexibility index (Phi) is 2.67. The van der Waals surface area contributed by atoms with E-state index in [1.807, 2.05) is 20.9 Å². The maximum Gasteiger partial charge on any atom is 0.177 e. The van der Waals surface area contributed by atoms with Crippen molar-refractivity contribution >= 4 is 21.7 Å². The van der Waals surface area contributed by atoms with Gasteiger partial charge in [0.1, 0.15) is 0 Å². The van der Waals surface area contributed by atoms with Crippen LogP contribution in [0.5, 0.6) is 0 Å². The fraction of sp³-hybridized carbons (Fsp3) is 0.500. The fourth-order valence-corrected chi connectivity index (χ4v) is 1.52. The molecule has 0 aliphatic carbocycles. The Bertz CT molecular complexity index is 317. The summed E-state index contributed by atoms with van der Waals surface area (Å²) in [5, 5.41) is 4.52. The molecule has 0 radical (unpaired) electrons. The first kappa shape index (κ1) is 9.45. The maximum atomic E-state index is 11.4. The Balaban J connectivity index is 3.22. The quantitative estimate of drug-likeness (QED) is 0.572. The topological polar surface area (TPSA) is 34.9 Å². The molecule has 0 amide bonds. The van der Waals surface area contributed by atoms with Crippen LogP contribution in [0.3, 0.4) is 0 Å². The first-order valence-electron chi connectivity index (χ1n) is 3.67. The van der Waals surface area contributed by atoms with E-state index in [9.17, 15) is 4.79 Å². The van der Waals surface area contributed by atoms with E-state index in [0.717, 1.165) is 17.0 Å². The zero-order valence-electron chi connectivity index (χ0n) is 7.39. The molecule has 0 spiro atoms. The van der Waals surface area contributed by atoms with Gasteiger partial charge in [0.05, 0.1) is 16.6 Å². The Morgan fingerprint density at radius 2 is 2.17 bits per heavy atom. The molecule has 3 nitrogen and oxygen atoms in total. The van der Waals surface area contributed by atoms with E-state index in [2.05, 4.69) is 21.0 Å². The van der Waals surface area contributed by atoms with Gasteiger partial charge in [-0.15, -0.1) is 0 Å². The minimum absolute atomic E-state index is 0.0955. The van der Waals surface area contributed by atoms with Crippen LogP contribution in [0.2, 0.25) is 0 Å². The van der Waals surface area contributed by atoms with Gasteiger partial charge in [0.25, 0.3) is 0 Å². The molecule has 66 valence electrons. The number of carbonyl (C=O) groups excluding carboxylic acids is 1. The van der Waals surface area contributed by atoms with Crippen molar-refractivity contribution in [2.24, 2.45) is 7.05 Å². The summed E-state index contributed by atoms with van der Waals surface area (Å²) in [6.45, 7) is 3.75. The summed E-state index contributed by atoms with van der Waals surface area (Å²) in [4.78, 5) is 11.4. The van der Waals surface area contributed by atoms with Crippen molar-refractivity contribution < 1.29 is 4.79 Å². The number of alkyl halides is 1. The maximum absolute atomic E-state index is 11.4. The Labute approximate surface area is 79.9 Å². The van der Waals surface area contributed by atoms with E-state index >= 15 is 0 Å². The number of carbonyl (C=O) groups is 1. The number of hydrogen-bond acceptors (Lipinski definition) is 2. The van der Waals surface area contributed by atoms with E-state index in [4.69, 9.17) is 0 Å². The van der Waals surface area contributed by atoms with Gasteiger partial charge in [0.2, 0.25) is 0 Å². The minimum Gasteiger partial charge on any atom is -0.293 e. The standard InChI is InChI=1S/C8H11BrN2O/c1-5-8(7(12)4-9)6(2)11(3)10-5/h4H2,1-3H3. The third kappa shape index (κ3) is 1.43. The van der Waals surface area contributed by atoms with Crippen molar-refractivity contribution in [3.8, 4) is 0 Å². The van der Waals surface area contributed by atoms with E-state index < -0.39 is 0 Å². The minimum atomic E-state index is 0.0955. The molecule has 4 heteroatoms. The molecule has 0 N–H and O–H groups in total. The van der Waals surface area contributed by atoms with Crippen molar-refractivity contribution in [2.75, 3.05) is 5.33 Å². The summed E-state index contributed by atoms with van der Waals surface area (Å²) in [5.41, 5.74) is 2.48. The lowest BCUT2D eigenvalue weighted by Crippen LogP contribution is -2.03. The normalized spacial score (nSPS) is 10.3. The van der Waals surface area contributed by atoms with Crippen LogP contribution >= 0.6 is 15.9 Å². The molecule has 1 rings (SSSR count). The van der Waals surface area contributed by atoms with Gasteiger partial charge in [-0.1, -0.05) is 15.9 Å². The average molecular weight is 231 g/mol. The fourth-order valence-electron chi connectivity index (χ4n) is 1.24. The summed E-state index contributed by atoms with van der Waals surface area (Å²) in [6.07, 6.45) is 0. The Morgan fingerprint density at radius 1 is 1.58 bits per heavy atom. The molecular formula is C8H11BrN2O. The highest BCUT2D eigenvalue weighted by Crippen LogP contribution is 2.13. The van der Waals surface area contributed by atoms with Gasteiger partial charge in [-0.25, -0.2) is 0 Å². The molecule has 0 aromatic carbocycles.